The number of carbonyl (C=O) groups is 2. The zero-order valence-corrected chi connectivity index (χ0v) is 14.4. The van der Waals surface area contributed by atoms with Gasteiger partial charge in [-0.05, 0) is 31.2 Å². The molecule has 24 heavy (non-hydrogen) atoms. The molecule has 3 N–H and O–H groups in total. The van der Waals surface area contributed by atoms with Gasteiger partial charge in [0.1, 0.15) is 10.8 Å². The van der Waals surface area contributed by atoms with E-state index in [1.807, 2.05) is 7.05 Å². The Morgan fingerprint density at radius 1 is 1.33 bits per heavy atom. The van der Waals surface area contributed by atoms with E-state index in [4.69, 9.17) is 10.5 Å². The van der Waals surface area contributed by atoms with Crippen LogP contribution in [0.15, 0.2) is 24.3 Å². The summed E-state index contributed by atoms with van der Waals surface area (Å²) in [5, 5.41) is 3.35. The van der Waals surface area contributed by atoms with E-state index in [1.54, 1.807) is 24.3 Å². The number of methoxy groups -OCH3 is 1. The van der Waals surface area contributed by atoms with Crippen LogP contribution in [0.2, 0.25) is 0 Å². The number of fused-ring (bicyclic) bond motifs is 1. The normalized spacial score (nSPS) is 14.1. The molecule has 0 saturated carbocycles. The minimum Gasteiger partial charge on any atom is -0.496 e. The standard InChI is InChI=1S/C17H19N3O3S/c1-20-8-7-11-13(9-20)24-17(14(11)15(18)21)19-16(22)10-5-3-4-6-12(10)23-2/h3-6H,7-9H2,1-2H3,(H2,18,21)(H,19,22). The van der Waals surface area contributed by atoms with Gasteiger partial charge >= 0.3 is 0 Å². The van der Waals surface area contributed by atoms with Gasteiger partial charge in [0.2, 0.25) is 0 Å². The average Bonchev–Trinajstić information content (AvgIpc) is 2.91. The van der Waals surface area contributed by atoms with Crippen LogP contribution in [0.5, 0.6) is 5.75 Å². The first-order chi connectivity index (χ1) is 11.5. The monoisotopic (exact) mass is 345 g/mol. The molecular formula is C17H19N3O3S. The van der Waals surface area contributed by atoms with Crippen LogP contribution < -0.4 is 15.8 Å². The van der Waals surface area contributed by atoms with E-state index in [1.165, 1.54) is 18.4 Å². The van der Waals surface area contributed by atoms with Crippen LogP contribution in [0.25, 0.3) is 0 Å². The first-order valence-electron chi connectivity index (χ1n) is 7.58. The summed E-state index contributed by atoms with van der Waals surface area (Å²) in [6.45, 7) is 1.62. The van der Waals surface area contributed by atoms with E-state index in [2.05, 4.69) is 10.2 Å². The van der Waals surface area contributed by atoms with Gasteiger partial charge in [0.25, 0.3) is 11.8 Å². The van der Waals surface area contributed by atoms with E-state index in [9.17, 15) is 9.59 Å². The van der Waals surface area contributed by atoms with E-state index in [0.717, 1.165) is 30.0 Å². The van der Waals surface area contributed by atoms with Crippen molar-refractivity contribution in [3.05, 3.63) is 45.8 Å². The molecule has 0 atom stereocenters. The lowest BCUT2D eigenvalue weighted by Gasteiger charge is -2.22. The lowest BCUT2D eigenvalue weighted by Crippen LogP contribution is -2.27. The molecule has 1 aromatic carbocycles. The highest BCUT2D eigenvalue weighted by Gasteiger charge is 2.27. The number of primary amides is 1. The highest BCUT2D eigenvalue weighted by Crippen LogP contribution is 2.37. The van der Waals surface area contributed by atoms with Crippen molar-refractivity contribution in [2.75, 3.05) is 26.0 Å². The molecule has 126 valence electrons. The summed E-state index contributed by atoms with van der Waals surface area (Å²) >= 11 is 1.42. The number of amides is 2. The van der Waals surface area contributed by atoms with Gasteiger partial charge in [0.15, 0.2) is 0 Å². The third-order valence-electron chi connectivity index (χ3n) is 4.07. The molecule has 0 unspecified atom stereocenters. The number of ether oxygens (including phenoxy) is 1. The lowest BCUT2D eigenvalue weighted by atomic mass is 10.0. The van der Waals surface area contributed by atoms with Crippen LogP contribution >= 0.6 is 11.3 Å². The topological polar surface area (TPSA) is 84.7 Å². The molecule has 0 saturated heterocycles. The zero-order chi connectivity index (χ0) is 17.3. The van der Waals surface area contributed by atoms with Gasteiger partial charge in [-0.2, -0.15) is 0 Å². The Kier molecular flexibility index (Phi) is 4.55. The largest absolute Gasteiger partial charge is 0.496 e. The Bertz CT molecular complexity index is 800. The predicted octanol–water partition coefficient (Wildman–Crippen LogP) is 2.10. The van der Waals surface area contributed by atoms with Crippen molar-refractivity contribution in [1.29, 1.82) is 0 Å². The van der Waals surface area contributed by atoms with Gasteiger partial charge < -0.3 is 20.7 Å². The Hall–Kier alpha value is -2.38. The molecule has 0 spiro atoms. The fourth-order valence-corrected chi connectivity index (χ4v) is 4.21. The second-order valence-corrected chi connectivity index (χ2v) is 6.82. The van der Waals surface area contributed by atoms with Crippen LogP contribution in [-0.2, 0) is 13.0 Å². The van der Waals surface area contributed by atoms with Gasteiger partial charge in [0.05, 0.1) is 18.2 Å². The molecule has 3 rings (SSSR count). The third kappa shape index (κ3) is 3.00. The van der Waals surface area contributed by atoms with Crippen LogP contribution in [0.1, 0.15) is 31.2 Å². The van der Waals surface area contributed by atoms with Crippen molar-refractivity contribution >= 4 is 28.2 Å². The number of hydrogen-bond acceptors (Lipinski definition) is 5. The lowest BCUT2D eigenvalue weighted by molar-refractivity contribution is 0.1000. The van der Waals surface area contributed by atoms with Gasteiger partial charge in [-0.1, -0.05) is 12.1 Å². The molecule has 7 heteroatoms. The van der Waals surface area contributed by atoms with Crippen LogP contribution in [0, 0.1) is 0 Å². The number of thiophene rings is 1. The summed E-state index contributed by atoms with van der Waals surface area (Å²) in [4.78, 5) is 27.8. The molecule has 2 heterocycles. The third-order valence-corrected chi connectivity index (χ3v) is 5.21. The van der Waals surface area contributed by atoms with Crippen molar-refractivity contribution in [2.24, 2.45) is 5.73 Å². The van der Waals surface area contributed by atoms with Crippen molar-refractivity contribution in [1.82, 2.24) is 4.90 Å². The first-order valence-corrected chi connectivity index (χ1v) is 8.40. The van der Waals surface area contributed by atoms with Crippen molar-refractivity contribution in [2.45, 2.75) is 13.0 Å². The van der Waals surface area contributed by atoms with Crippen LogP contribution in [0.4, 0.5) is 5.00 Å². The molecular weight excluding hydrogens is 326 g/mol. The predicted molar refractivity (Wildman–Crippen MR) is 93.8 cm³/mol. The summed E-state index contributed by atoms with van der Waals surface area (Å²) in [5.41, 5.74) is 7.38. The van der Waals surface area contributed by atoms with Gasteiger partial charge in [-0.3, -0.25) is 9.59 Å². The summed E-state index contributed by atoms with van der Waals surface area (Å²) in [7, 11) is 3.54. The number of nitrogens with zero attached hydrogens (tertiary/aromatic N) is 1. The molecule has 0 aliphatic carbocycles. The molecule has 0 radical (unpaired) electrons. The number of rotatable bonds is 4. The zero-order valence-electron chi connectivity index (χ0n) is 13.6. The SMILES string of the molecule is COc1ccccc1C(=O)Nc1sc2c(c1C(N)=O)CCN(C)C2. The highest BCUT2D eigenvalue weighted by molar-refractivity contribution is 7.17. The number of carbonyl (C=O) groups excluding carboxylic acids is 2. The second-order valence-electron chi connectivity index (χ2n) is 5.71. The molecule has 2 amide bonds. The Morgan fingerprint density at radius 2 is 2.08 bits per heavy atom. The van der Waals surface area contributed by atoms with Gasteiger partial charge in [-0.25, -0.2) is 0 Å². The van der Waals surface area contributed by atoms with E-state index in [0.29, 0.717) is 21.9 Å². The quantitative estimate of drug-likeness (QED) is 0.889. The van der Waals surface area contributed by atoms with Crippen molar-refractivity contribution in [3.63, 3.8) is 0 Å². The maximum absolute atomic E-state index is 12.6. The average molecular weight is 345 g/mol. The van der Waals surface area contributed by atoms with E-state index in [-0.39, 0.29) is 5.91 Å². The molecule has 1 aliphatic rings. The maximum atomic E-state index is 12.6. The minimum absolute atomic E-state index is 0.318. The Morgan fingerprint density at radius 3 is 2.79 bits per heavy atom. The van der Waals surface area contributed by atoms with Gasteiger partial charge in [0, 0.05) is 18.0 Å². The number of benzene rings is 1. The Labute approximate surface area is 144 Å². The number of anilines is 1. The number of hydrogen-bond donors (Lipinski definition) is 2. The Balaban J connectivity index is 1.95. The van der Waals surface area contributed by atoms with E-state index < -0.39 is 5.91 Å². The minimum atomic E-state index is -0.507. The fraction of sp³-hybridized carbons (Fsp3) is 0.294. The number of nitrogens with two attached hydrogens (primary N) is 1. The van der Waals surface area contributed by atoms with Crippen LogP contribution in [-0.4, -0.2) is 37.4 Å². The van der Waals surface area contributed by atoms with Gasteiger partial charge in [-0.15, -0.1) is 11.3 Å². The van der Waals surface area contributed by atoms with E-state index >= 15 is 0 Å². The summed E-state index contributed by atoms with van der Waals surface area (Å²) in [5.74, 6) is -0.342. The van der Waals surface area contributed by atoms with Crippen molar-refractivity contribution < 1.29 is 14.3 Å². The molecule has 1 aliphatic heterocycles. The molecule has 0 fully saturated rings. The molecule has 1 aromatic heterocycles. The summed E-state index contributed by atoms with van der Waals surface area (Å²) in [6, 6.07) is 6.96. The maximum Gasteiger partial charge on any atom is 0.260 e. The van der Waals surface area contributed by atoms with Crippen molar-refractivity contribution in [3.8, 4) is 5.75 Å². The molecule has 0 bridgehead atoms. The highest BCUT2D eigenvalue weighted by atomic mass is 32.1. The van der Waals surface area contributed by atoms with Crippen LogP contribution in [0.3, 0.4) is 0 Å². The number of para-hydroxylation sites is 1. The molecule has 2 aromatic rings. The summed E-state index contributed by atoms with van der Waals surface area (Å²) < 4.78 is 5.22. The summed E-state index contributed by atoms with van der Waals surface area (Å²) in [6.07, 6.45) is 0.755. The number of nitrogens with one attached hydrogen (secondary N) is 1. The number of likely N-dealkylation sites (N-methyl/N-ethyl adjacent to an activating group) is 1. The fourth-order valence-electron chi connectivity index (χ4n) is 2.88. The first kappa shape index (κ1) is 16.5. The second kappa shape index (κ2) is 6.62. The smallest absolute Gasteiger partial charge is 0.260 e. The molecule has 6 nitrogen and oxygen atoms in total.